The van der Waals surface area contributed by atoms with Crippen LogP contribution in [0.5, 0.6) is 0 Å². The zero-order chi connectivity index (χ0) is 13.1. The molecule has 1 heterocycles. The second-order valence-corrected chi connectivity index (χ2v) is 6.48. The molecule has 0 spiro atoms. The maximum Gasteiger partial charge on any atom is 0.0289 e. The van der Waals surface area contributed by atoms with Crippen molar-refractivity contribution in [2.45, 2.75) is 31.7 Å². The van der Waals surface area contributed by atoms with Gasteiger partial charge in [-0.05, 0) is 38.9 Å². The first-order valence-electron chi connectivity index (χ1n) is 6.69. The molecule has 0 aliphatic carbocycles. The quantitative estimate of drug-likeness (QED) is 0.845. The molecule has 1 N–H and O–H groups in total. The van der Waals surface area contributed by atoms with E-state index in [-0.39, 0.29) is 0 Å². The number of piperazine rings is 1. The Kier molecular flexibility index (Phi) is 4.71. The number of thioether (sulfide) groups is 1. The van der Waals surface area contributed by atoms with Gasteiger partial charge in [-0.2, -0.15) is 0 Å². The second-order valence-electron chi connectivity index (χ2n) is 5.45. The molecular weight excluding hydrogens is 240 g/mol. The highest BCUT2D eigenvalue weighted by molar-refractivity contribution is 7.99. The van der Waals surface area contributed by atoms with Gasteiger partial charge in [0.1, 0.15) is 0 Å². The highest BCUT2D eigenvalue weighted by Gasteiger charge is 2.17. The molecule has 1 aliphatic heterocycles. The summed E-state index contributed by atoms with van der Waals surface area (Å²) in [7, 11) is 2.21. The van der Waals surface area contributed by atoms with Gasteiger partial charge in [0, 0.05) is 36.3 Å². The zero-order valence-corrected chi connectivity index (χ0v) is 12.7. The van der Waals surface area contributed by atoms with Gasteiger partial charge in [-0.25, -0.2) is 0 Å². The molecule has 2 rings (SSSR count). The Morgan fingerprint density at radius 1 is 1.28 bits per heavy atom. The molecule has 0 saturated carbocycles. The van der Waals surface area contributed by atoms with Crippen LogP contribution >= 0.6 is 11.8 Å². The number of nitrogens with zero attached hydrogens (tertiary/aromatic N) is 1. The summed E-state index contributed by atoms with van der Waals surface area (Å²) in [6.07, 6.45) is 0. The van der Waals surface area contributed by atoms with Crippen molar-refractivity contribution in [1.29, 1.82) is 0 Å². The summed E-state index contributed by atoms with van der Waals surface area (Å²) >= 11 is 2.00. The second kappa shape index (κ2) is 6.09. The maximum absolute atomic E-state index is 3.61. The van der Waals surface area contributed by atoms with Gasteiger partial charge in [0.15, 0.2) is 0 Å². The Balaban J connectivity index is 1.97. The van der Waals surface area contributed by atoms with E-state index in [9.17, 15) is 0 Å². The lowest BCUT2D eigenvalue weighted by Gasteiger charge is -2.30. The van der Waals surface area contributed by atoms with Crippen molar-refractivity contribution in [3.8, 4) is 0 Å². The van der Waals surface area contributed by atoms with Gasteiger partial charge in [0.2, 0.25) is 0 Å². The minimum atomic E-state index is 0.619. The van der Waals surface area contributed by atoms with Crippen LogP contribution in [-0.2, 0) is 0 Å². The first-order chi connectivity index (χ1) is 8.56. The Hall–Kier alpha value is -0.510. The van der Waals surface area contributed by atoms with E-state index in [1.807, 2.05) is 11.8 Å². The third-order valence-electron chi connectivity index (χ3n) is 3.49. The van der Waals surface area contributed by atoms with Gasteiger partial charge in [-0.15, -0.1) is 11.8 Å². The summed E-state index contributed by atoms with van der Waals surface area (Å²) in [6, 6.07) is 5.19. The monoisotopic (exact) mass is 264 g/mol. The van der Waals surface area contributed by atoms with Gasteiger partial charge in [-0.3, -0.25) is 0 Å². The van der Waals surface area contributed by atoms with E-state index >= 15 is 0 Å². The van der Waals surface area contributed by atoms with Crippen molar-refractivity contribution in [2.24, 2.45) is 0 Å². The number of likely N-dealkylation sites (N-methyl/N-ethyl adjacent to an activating group) is 1. The van der Waals surface area contributed by atoms with E-state index in [2.05, 4.69) is 50.2 Å². The first kappa shape index (κ1) is 13.9. The van der Waals surface area contributed by atoms with Crippen molar-refractivity contribution < 1.29 is 0 Å². The van der Waals surface area contributed by atoms with Crippen LogP contribution in [0.25, 0.3) is 0 Å². The molecule has 0 radical (unpaired) electrons. The number of aryl methyl sites for hydroxylation is 3. The molecule has 1 aromatic carbocycles. The maximum atomic E-state index is 3.61. The van der Waals surface area contributed by atoms with E-state index in [0.717, 1.165) is 18.8 Å². The van der Waals surface area contributed by atoms with Crippen LogP contribution in [0.1, 0.15) is 16.7 Å². The highest BCUT2D eigenvalue weighted by atomic mass is 32.2. The number of hydrogen-bond acceptors (Lipinski definition) is 3. The van der Waals surface area contributed by atoms with Crippen molar-refractivity contribution in [3.63, 3.8) is 0 Å². The van der Waals surface area contributed by atoms with E-state index < -0.39 is 0 Å². The average molecular weight is 264 g/mol. The third kappa shape index (κ3) is 3.50. The molecule has 1 aliphatic rings. The fourth-order valence-corrected chi connectivity index (χ4v) is 3.85. The highest BCUT2D eigenvalue weighted by Crippen LogP contribution is 2.28. The minimum absolute atomic E-state index is 0.619. The van der Waals surface area contributed by atoms with Crippen LogP contribution in [0, 0.1) is 20.8 Å². The van der Waals surface area contributed by atoms with Crippen LogP contribution in [0.4, 0.5) is 0 Å². The summed E-state index contributed by atoms with van der Waals surface area (Å²) in [5.41, 5.74) is 4.20. The standard InChI is InChI=1S/C15H24N2S/c1-11-7-12(2)15(13(3)8-11)18-10-14-9-17(4)6-5-16-14/h7-8,14,16H,5-6,9-10H2,1-4H3. The zero-order valence-electron chi connectivity index (χ0n) is 11.9. The molecule has 0 amide bonds. The summed E-state index contributed by atoms with van der Waals surface area (Å²) in [5.74, 6) is 1.16. The third-order valence-corrected chi connectivity index (χ3v) is 4.99. The minimum Gasteiger partial charge on any atom is -0.311 e. The molecule has 0 aromatic heterocycles. The SMILES string of the molecule is Cc1cc(C)c(SCC2CN(C)CCN2)c(C)c1. The largest absolute Gasteiger partial charge is 0.311 e. The number of hydrogen-bond donors (Lipinski definition) is 1. The summed E-state index contributed by atoms with van der Waals surface area (Å²) in [5, 5.41) is 3.61. The number of benzene rings is 1. The molecule has 3 heteroatoms. The van der Waals surface area contributed by atoms with Crippen LogP contribution in [0.3, 0.4) is 0 Å². The normalized spacial score (nSPS) is 21.2. The lowest BCUT2D eigenvalue weighted by molar-refractivity contribution is 0.250. The number of rotatable bonds is 3. The topological polar surface area (TPSA) is 15.3 Å². The summed E-state index contributed by atoms with van der Waals surface area (Å²) in [6.45, 7) is 10.1. The van der Waals surface area contributed by atoms with E-state index in [1.54, 1.807) is 0 Å². The lowest BCUT2D eigenvalue weighted by Crippen LogP contribution is -2.50. The van der Waals surface area contributed by atoms with Gasteiger partial charge in [0.05, 0.1) is 0 Å². The molecule has 1 aromatic rings. The lowest BCUT2D eigenvalue weighted by atomic mass is 10.1. The van der Waals surface area contributed by atoms with Crippen LogP contribution in [0.15, 0.2) is 17.0 Å². The Labute approximate surface area is 115 Å². The molecule has 1 saturated heterocycles. The Morgan fingerprint density at radius 2 is 1.94 bits per heavy atom. The van der Waals surface area contributed by atoms with Crippen molar-refractivity contribution in [3.05, 3.63) is 28.8 Å². The molecule has 100 valence electrons. The smallest absolute Gasteiger partial charge is 0.0289 e. The van der Waals surface area contributed by atoms with Crippen LogP contribution in [0.2, 0.25) is 0 Å². The van der Waals surface area contributed by atoms with E-state index in [4.69, 9.17) is 0 Å². The molecule has 1 fully saturated rings. The van der Waals surface area contributed by atoms with Gasteiger partial charge < -0.3 is 10.2 Å². The van der Waals surface area contributed by atoms with E-state index in [1.165, 1.54) is 28.1 Å². The molecular formula is C15H24N2S. The molecule has 0 bridgehead atoms. The van der Waals surface area contributed by atoms with Crippen molar-refractivity contribution in [1.82, 2.24) is 10.2 Å². The van der Waals surface area contributed by atoms with Crippen LogP contribution < -0.4 is 5.32 Å². The molecule has 1 unspecified atom stereocenters. The molecule has 2 nitrogen and oxygen atoms in total. The average Bonchev–Trinajstić information content (AvgIpc) is 2.27. The summed E-state index contributed by atoms with van der Waals surface area (Å²) < 4.78 is 0. The van der Waals surface area contributed by atoms with Gasteiger partial charge in [0.25, 0.3) is 0 Å². The predicted molar refractivity (Wildman–Crippen MR) is 80.7 cm³/mol. The Morgan fingerprint density at radius 3 is 2.56 bits per heavy atom. The predicted octanol–water partition coefficient (Wildman–Crippen LogP) is 2.61. The molecule has 1 atom stereocenters. The fourth-order valence-electron chi connectivity index (χ4n) is 2.68. The first-order valence-corrected chi connectivity index (χ1v) is 7.67. The number of nitrogens with one attached hydrogen (secondary N) is 1. The van der Waals surface area contributed by atoms with Crippen molar-refractivity contribution >= 4 is 11.8 Å². The van der Waals surface area contributed by atoms with Crippen molar-refractivity contribution in [2.75, 3.05) is 32.4 Å². The van der Waals surface area contributed by atoms with E-state index in [0.29, 0.717) is 6.04 Å². The van der Waals surface area contributed by atoms with Crippen LogP contribution in [-0.4, -0.2) is 43.4 Å². The Bertz CT molecular complexity index is 394. The van der Waals surface area contributed by atoms with Gasteiger partial charge in [-0.1, -0.05) is 17.7 Å². The summed E-state index contributed by atoms with van der Waals surface area (Å²) in [4.78, 5) is 3.88. The molecule has 18 heavy (non-hydrogen) atoms. The van der Waals surface area contributed by atoms with Gasteiger partial charge >= 0.3 is 0 Å². The fraction of sp³-hybridized carbons (Fsp3) is 0.600.